The standard InChI is InChI=1S/C14H20BrN3O/c1-16-13-12(7-11(15)8-17-13)14(19)18(2)9-10-5-3-4-6-10/h7-8,10H,3-6,9H2,1-2H3,(H,16,17). The molecule has 2 rings (SSSR count). The average Bonchev–Trinajstić information content (AvgIpc) is 2.90. The fraction of sp³-hybridized carbons (Fsp3) is 0.571. The molecular weight excluding hydrogens is 306 g/mol. The van der Waals surface area contributed by atoms with E-state index in [1.54, 1.807) is 13.2 Å². The van der Waals surface area contributed by atoms with E-state index in [2.05, 4.69) is 26.2 Å². The molecule has 0 saturated heterocycles. The molecule has 1 aliphatic rings. The van der Waals surface area contributed by atoms with Crippen LogP contribution < -0.4 is 5.32 Å². The van der Waals surface area contributed by atoms with Crippen molar-refractivity contribution in [1.29, 1.82) is 0 Å². The van der Waals surface area contributed by atoms with E-state index in [1.165, 1.54) is 25.7 Å². The van der Waals surface area contributed by atoms with Crippen LogP contribution in [0.15, 0.2) is 16.7 Å². The number of carbonyl (C=O) groups is 1. The summed E-state index contributed by atoms with van der Waals surface area (Å²) in [6, 6.07) is 1.83. The van der Waals surface area contributed by atoms with Gasteiger partial charge < -0.3 is 10.2 Å². The van der Waals surface area contributed by atoms with Crippen LogP contribution in [0.1, 0.15) is 36.0 Å². The van der Waals surface area contributed by atoms with Crippen molar-refractivity contribution >= 4 is 27.7 Å². The molecule has 1 aliphatic carbocycles. The number of halogens is 1. The fourth-order valence-electron chi connectivity index (χ4n) is 2.67. The molecule has 4 nitrogen and oxygen atoms in total. The van der Waals surface area contributed by atoms with Crippen molar-refractivity contribution in [2.24, 2.45) is 5.92 Å². The van der Waals surface area contributed by atoms with Crippen molar-refractivity contribution in [2.75, 3.05) is 26.0 Å². The predicted octanol–water partition coefficient (Wildman–Crippen LogP) is 3.15. The summed E-state index contributed by atoms with van der Waals surface area (Å²) in [4.78, 5) is 18.5. The molecule has 1 aromatic rings. The van der Waals surface area contributed by atoms with Gasteiger partial charge in [-0.05, 0) is 40.8 Å². The highest BCUT2D eigenvalue weighted by Gasteiger charge is 2.22. The van der Waals surface area contributed by atoms with Crippen LogP contribution in [-0.2, 0) is 0 Å². The van der Waals surface area contributed by atoms with Gasteiger partial charge in [-0.2, -0.15) is 0 Å². The summed E-state index contributed by atoms with van der Waals surface area (Å²) in [7, 11) is 3.66. The molecule has 19 heavy (non-hydrogen) atoms. The zero-order valence-electron chi connectivity index (χ0n) is 11.4. The van der Waals surface area contributed by atoms with Crippen LogP contribution >= 0.6 is 15.9 Å². The lowest BCUT2D eigenvalue weighted by atomic mass is 10.1. The first-order valence-corrected chi connectivity index (χ1v) is 7.50. The van der Waals surface area contributed by atoms with Gasteiger partial charge in [-0.15, -0.1) is 0 Å². The first kappa shape index (κ1) is 14.3. The summed E-state index contributed by atoms with van der Waals surface area (Å²) in [6.45, 7) is 0.842. The van der Waals surface area contributed by atoms with Crippen molar-refractivity contribution in [3.63, 3.8) is 0 Å². The Kier molecular flexibility index (Phi) is 4.80. The number of aromatic nitrogens is 1. The largest absolute Gasteiger partial charge is 0.372 e. The number of hydrogen-bond donors (Lipinski definition) is 1. The Morgan fingerprint density at radius 3 is 2.84 bits per heavy atom. The molecule has 1 aromatic heterocycles. The first-order valence-electron chi connectivity index (χ1n) is 6.70. The monoisotopic (exact) mass is 325 g/mol. The number of nitrogens with one attached hydrogen (secondary N) is 1. The van der Waals surface area contributed by atoms with E-state index in [1.807, 2.05) is 18.0 Å². The maximum absolute atomic E-state index is 12.5. The van der Waals surface area contributed by atoms with Gasteiger partial charge in [-0.3, -0.25) is 4.79 Å². The predicted molar refractivity (Wildman–Crippen MR) is 80.4 cm³/mol. The molecule has 1 heterocycles. The second-order valence-electron chi connectivity index (χ2n) is 5.14. The van der Waals surface area contributed by atoms with E-state index in [9.17, 15) is 4.79 Å². The highest BCUT2D eigenvalue weighted by atomic mass is 79.9. The zero-order valence-corrected chi connectivity index (χ0v) is 13.0. The third-order valence-corrected chi connectivity index (χ3v) is 4.11. The molecule has 0 spiro atoms. The molecule has 1 amide bonds. The van der Waals surface area contributed by atoms with Gasteiger partial charge in [0.1, 0.15) is 5.82 Å². The normalized spacial score (nSPS) is 15.5. The molecule has 0 atom stereocenters. The van der Waals surface area contributed by atoms with Crippen LogP contribution in [0.4, 0.5) is 5.82 Å². The molecule has 0 radical (unpaired) electrons. The van der Waals surface area contributed by atoms with E-state index in [0.717, 1.165) is 11.0 Å². The summed E-state index contributed by atoms with van der Waals surface area (Å²) in [5.74, 6) is 1.32. The molecule has 0 bridgehead atoms. The summed E-state index contributed by atoms with van der Waals surface area (Å²) in [5, 5.41) is 2.97. The molecular formula is C14H20BrN3O. The average molecular weight is 326 g/mol. The Morgan fingerprint density at radius 2 is 2.21 bits per heavy atom. The van der Waals surface area contributed by atoms with Crippen molar-refractivity contribution < 1.29 is 4.79 Å². The number of pyridine rings is 1. The molecule has 1 N–H and O–H groups in total. The van der Waals surface area contributed by atoms with Gasteiger partial charge in [-0.25, -0.2) is 4.98 Å². The van der Waals surface area contributed by atoms with Gasteiger partial charge in [0.05, 0.1) is 5.56 Å². The third-order valence-electron chi connectivity index (χ3n) is 3.68. The molecule has 0 aromatic carbocycles. The lowest BCUT2D eigenvalue weighted by Crippen LogP contribution is -2.31. The van der Waals surface area contributed by atoms with Crippen LogP contribution in [0.5, 0.6) is 0 Å². The maximum Gasteiger partial charge on any atom is 0.257 e. The third kappa shape index (κ3) is 3.47. The van der Waals surface area contributed by atoms with Crippen LogP contribution in [0.25, 0.3) is 0 Å². The SMILES string of the molecule is CNc1ncc(Br)cc1C(=O)N(C)CC1CCCC1. The molecule has 5 heteroatoms. The van der Waals surface area contributed by atoms with E-state index in [0.29, 0.717) is 17.3 Å². The number of rotatable bonds is 4. The number of hydrogen-bond acceptors (Lipinski definition) is 3. The minimum Gasteiger partial charge on any atom is -0.372 e. The summed E-state index contributed by atoms with van der Waals surface area (Å²) in [5.41, 5.74) is 0.623. The highest BCUT2D eigenvalue weighted by Crippen LogP contribution is 2.26. The minimum absolute atomic E-state index is 0.0325. The van der Waals surface area contributed by atoms with Gasteiger partial charge in [0.25, 0.3) is 5.91 Å². The smallest absolute Gasteiger partial charge is 0.257 e. The lowest BCUT2D eigenvalue weighted by Gasteiger charge is -2.22. The van der Waals surface area contributed by atoms with Gasteiger partial charge in [0.15, 0.2) is 0 Å². The fourth-order valence-corrected chi connectivity index (χ4v) is 3.00. The van der Waals surface area contributed by atoms with Crippen LogP contribution in [0.2, 0.25) is 0 Å². The lowest BCUT2D eigenvalue weighted by molar-refractivity contribution is 0.0774. The molecule has 104 valence electrons. The van der Waals surface area contributed by atoms with E-state index < -0.39 is 0 Å². The Morgan fingerprint density at radius 1 is 1.53 bits per heavy atom. The Hall–Kier alpha value is -1.10. The van der Waals surface area contributed by atoms with E-state index in [4.69, 9.17) is 0 Å². The topological polar surface area (TPSA) is 45.2 Å². The Bertz CT molecular complexity index is 458. The van der Waals surface area contributed by atoms with Crippen LogP contribution in [0.3, 0.4) is 0 Å². The molecule has 0 unspecified atom stereocenters. The van der Waals surface area contributed by atoms with Gasteiger partial charge in [-0.1, -0.05) is 12.8 Å². The maximum atomic E-state index is 12.5. The van der Waals surface area contributed by atoms with Crippen molar-refractivity contribution in [3.05, 3.63) is 22.3 Å². The molecule has 1 fully saturated rings. The quantitative estimate of drug-likeness (QED) is 0.924. The second kappa shape index (κ2) is 6.37. The zero-order chi connectivity index (χ0) is 13.8. The number of nitrogens with zero attached hydrogens (tertiary/aromatic N) is 2. The summed E-state index contributed by atoms with van der Waals surface area (Å²) in [6.07, 6.45) is 6.78. The number of carbonyl (C=O) groups excluding carboxylic acids is 1. The van der Waals surface area contributed by atoms with Crippen molar-refractivity contribution in [1.82, 2.24) is 9.88 Å². The highest BCUT2D eigenvalue weighted by molar-refractivity contribution is 9.10. The minimum atomic E-state index is 0.0325. The van der Waals surface area contributed by atoms with Crippen LogP contribution in [-0.4, -0.2) is 36.4 Å². The summed E-state index contributed by atoms with van der Waals surface area (Å²) >= 11 is 3.37. The second-order valence-corrected chi connectivity index (χ2v) is 6.05. The number of anilines is 1. The Labute approximate surface area is 122 Å². The Balaban J connectivity index is 2.11. The van der Waals surface area contributed by atoms with Gasteiger partial charge in [0, 0.05) is 31.3 Å². The van der Waals surface area contributed by atoms with Crippen molar-refractivity contribution in [2.45, 2.75) is 25.7 Å². The van der Waals surface area contributed by atoms with Crippen molar-refractivity contribution in [3.8, 4) is 0 Å². The molecule has 1 saturated carbocycles. The van der Waals surface area contributed by atoms with E-state index >= 15 is 0 Å². The van der Waals surface area contributed by atoms with Crippen LogP contribution in [0, 0.1) is 5.92 Å². The summed E-state index contributed by atoms with van der Waals surface area (Å²) < 4.78 is 0.823. The van der Waals surface area contributed by atoms with E-state index in [-0.39, 0.29) is 5.91 Å². The van der Waals surface area contributed by atoms with Gasteiger partial charge >= 0.3 is 0 Å². The first-order chi connectivity index (χ1) is 9.11. The molecule has 0 aliphatic heterocycles. The number of amides is 1. The van der Waals surface area contributed by atoms with Gasteiger partial charge in [0.2, 0.25) is 0 Å².